The topological polar surface area (TPSA) is 79.4 Å². The van der Waals surface area contributed by atoms with Crippen LogP contribution in [0.5, 0.6) is 0 Å². The number of rotatable bonds is 4. The Balaban J connectivity index is 1.68. The molecule has 3 rings (SSSR count). The third-order valence-electron chi connectivity index (χ3n) is 4.92. The zero-order chi connectivity index (χ0) is 15.8. The molecular formula is C15H21N3O3S. The summed E-state index contributed by atoms with van der Waals surface area (Å²) in [5.74, 6) is -0.309. The van der Waals surface area contributed by atoms with Gasteiger partial charge in [0, 0.05) is 19.3 Å². The van der Waals surface area contributed by atoms with Gasteiger partial charge in [-0.15, -0.1) is 0 Å². The zero-order valence-electron chi connectivity index (χ0n) is 12.7. The number of pyridine rings is 1. The van der Waals surface area contributed by atoms with Gasteiger partial charge in [-0.25, -0.2) is 12.7 Å². The minimum Gasteiger partial charge on any atom is -0.350 e. The van der Waals surface area contributed by atoms with Gasteiger partial charge in [0.25, 0.3) is 0 Å². The van der Waals surface area contributed by atoms with Gasteiger partial charge < -0.3 is 5.32 Å². The number of hydrogen-bond donors (Lipinski definition) is 1. The van der Waals surface area contributed by atoms with E-state index in [4.69, 9.17) is 0 Å². The van der Waals surface area contributed by atoms with Crippen LogP contribution in [0, 0.1) is 11.3 Å². The second kappa shape index (κ2) is 5.62. The molecule has 1 unspecified atom stereocenters. The number of hydrogen-bond acceptors (Lipinski definition) is 4. The molecule has 1 aromatic rings. The number of nitrogens with one attached hydrogen (secondary N) is 1. The first-order valence-electron chi connectivity index (χ1n) is 7.53. The van der Waals surface area contributed by atoms with Crippen LogP contribution in [-0.2, 0) is 21.4 Å². The first-order valence-corrected chi connectivity index (χ1v) is 9.38. The highest BCUT2D eigenvalue weighted by molar-refractivity contribution is 7.88. The van der Waals surface area contributed by atoms with Crippen molar-refractivity contribution in [3.8, 4) is 0 Å². The molecule has 1 spiro atoms. The molecule has 120 valence electrons. The normalized spacial score (nSPS) is 24.1. The monoisotopic (exact) mass is 323 g/mol. The Hall–Kier alpha value is -1.47. The number of aromatic nitrogens is 1. The molecule has 2 aliphatic rings. The third-order valence-corrected chi connectivity index (χ3v) is 6.14. The van der Waals surface area contributed by atoms with Crippen molar-refractivity contribution in [3.63, 3.8) is 0 Å². The minimum atomic E-state index is -3.24. The fourth-order valence-corrected chi connectivity index (χ4v) is 4.39. The molecule has 1 saturated heterocycles. The van der Waals surface area contributed by atoms with E-state index in [1.807, 2.05) is 18.2 Å². The quantitative estimate of drug-likeness (QED) is 0.887. The number of nitrogens with zero attached hydrogens (tertiary/aromatic N) is 2. The first-order chi connectivity index (χ1) is 10.4. The van der Waals surface area contributed by atoms with E-state index in [0.29, 0.717) is 19.6 Å². The molecule has 0 radical (unpaired) electrons. The molecule has 1 aromatic heterocycles. The summed E-state index contributed by atoms with van der Waals surface area (Å²) < 4.78 is 25.0. The first kappa shape index (κ1) is 15.4. The Labute approximate surface area is 131 Å². The van der Waals surface area contributed by atoms with Crippen molar-refractivity contribution in [2.75, 3.05) is 19.3 Å². The summed E-state index contributed by atoms with van der Waals surface area (Å²) in [4.78, 5) is 16.7. The van der Waals surface area contributed by atoms with Crippen LogP contribution in [0.3, 0.4) is 0 Å². The van der Waals surface area contributed by atoms with Crippen molar-refractivity contribution in [3.05, 3.63) is 30.1 Å². The van der Waals surface area contributed by atoms with Crippen LogP contribution in [0.25, 0.3) is 0 Å². The van der Waals surface area contributed by atoms with Crippen LogP contribution in [0.15, 0.2) is 24.4 Å². The van der Waals surface area contributed by atoms with Gasteiger partial charge >= 0.3 is 0 Å². The van der Waals surface area contributed by atoms with Crippen LogP contribution in [0.2, 0.25) is 0 Å². The van der Waals surface area contributed by atoms with E-state index in [1.165, 1.54) is 10.6 Å². The van der Waals surface area contributed by atoms with E-state index in [0.717, 1.165) is 25.0 Å². The summed E-state index contributed by atoms with van der Waals surface area (Å²) in [6.45, 7) is 1.16. The number of carbonyl (C=O) groups excluding carboxylic acids is 1. The lowest BCUT2D eigenvalue weighted by Gasteiger charge is -2.42. The molecule has 0 bridgehead atoms. The third kappa shape index (κ3) is 2.87. The van der Waals surface area contributed by atoms with Gasteiger partial charge in [0.2, 0.25) is 15.9 Å². The van der Waals surface area contributed by atoms with Gasteiger partial charge in [-0.3, -0.25) is 9.78 Å². The van der Waals surface area contributed by atoms with Gasteiger partial charge in [-0.1, -0.05) is 12.5 Å². The summed E-state index contributed by atoms with van der Waals surface area (Å²) in [5, 5.41) is 2.91. The molecule has 6 nitrogen and oxygen atoms in total. The van der Waals surface area contributed by atoms with Gasteiger partial charge in [0.05, 0.1) is 24.4 Å². The second-order valence-electron chi connectivity index (χ2n) is 6.36. The molecule has 1 atom stereocenters. The van der Waals surface area contributed by atoms with Crippen molar-refractivity contribution in [1.29, 1.82) is 0 Å². The largest absolute Gasteiger partial charge is 0.350 e. The van der Waals surface area contributed by atoms with Crippen molar-refractivity contribution in [2.24, 2.45) is 11.3 Å². The van der Waals surface area contributed by atoms with Crippen molar-refractivity contribution >= 4 is 15.9 Å². The van der Waals surface area contributed by atoms with E-state index in [1.54, 1.807) is 6.20 Å². The van der Waals surface area contributed by atoms with E-state index in [9.17, 15) is 13.2 Å². The maximum atomic E-state index is 12.5. The highest BCUT2D eigenvalue weighted by Gasteiger charge is 2.54. The predicted molar refractivity (Wildman–Crippen MR) is 82.3 cm³/mol. The number of amides is 1. The Morgan fingerprint density at radius 1 is 1.45 bits per heavy atom. The van der Waals surface area contributed by atoms with Crippen LogP contribution < -0.4 is 5.32 Å². The van der Waals surface area contributed by atoms with Crippen LogP contribution in [-0.4, -0.2) is 43.0 Å². The van der Waals surface area contributed by atoms with Crippen LogP contribution in [0.4, 0.5) is 0 Å². The summed E-state index contributed by atoms with van der Waals surface area (Å²) in [6, 6.07) is 5.56. The van der Waals surface area contributed by atoms with Crippen molar-refractivity contribution in [1.82, 2.24) is 14.6 Å². The Morgan fingerprint density at radius 3 is 2.77 bits per heavy atom. The summed E-state index contributed by atoms with van der Waals surface area (Å²) in [7, 11) is -3.24. The molecular weight excluding hydrogens is 302 g/mol. The zero-order valence-corrected chi connectivity index (χ0v) is 13.5. The Morgan fingerprint density at radius 2 is 2.23 bits per heavy atom. The van der Waals surface area contributed by atoms with Gasteiger partial charge in [0.1, 0.15) is 0 Å². The van der Waals surface area contributed by atoms with Crippen molar-refractivity contribution in [2.45, 2.75) is 25.8 Å². The van der Waals surface area contributed by atoms with Crippen molar-refractivity contribution < 1.29 is 13.2 Å². The van der Waals surface area contributed by atoms with Gasteiger partial charge in [0.15, 0.2) is 0 Å². The van der Waals surface area contributed by atoms with E-state index in [-0.39, 0.29) is 17.2 Å². The molecule has 7 heteroatoms. The molecule has 1 aliphatic carbocycles. The summed E-state index contributed by atoms with van der Waals surface area (Å²) in [6.07, 6.45) is 5.84. The molecule has 1 aliphatic heterocycles. The standard InChI is InChI=1S/C15H21N3O3S/c1-22(20,21)18-10-13(15(11-18)6-4-7-15)14(19)17-9-12-5-2-3-8-16-12/h2-3,5,8,13H,4,6-7,9-11H2,1H3,(H,17,19). The lowest BCUT2D eigenvalue weighted by molar-refractivity contribution is -0.129. The molecule has 0 aromatic carbocycles. The second-order valence-corrected chi connectivity index (χ2v) is 8.35. The SMILES string of the molecule is CS(=O)(=O)N1CC(C(=O)NCc2ccccn2)C2(CCC2)C1. The molecule has 22 heavy (non-hydrogen) atoms. The molecule has 2 heterocycles. The Kier molecular flexibility index (Phi) is 3.94. The highest BCUT2D eigenvalue weighted by atomic mass is 32.2. The van der Waals surface area contributed by atoms with E-state index in [2.05, 4.69) is 10.3 Å². The maximum Gasteiger partial charge on any atom is 0.225 e. The fraction of sp³-hybridized carbons (Fsp3) is 0.600. The minimum absolute atomic E-state index is 0.0588. The van der Waals surface area contributed by atoms with E-state index < -0.39 is 10.0 Å². The summed E-state index contributed by atoms with van der Waals surface area (Å²) >= 11 is 0. The highest BCUT2D eigenvalue weighted by Crippen LogP contribution is 2.52. The molecule has 1 saturated carbocycles. The molecule has 2 fully saturated rings. The molecule has 1 amide bonds. The lowest BCUT2D eigenvalue weighted by Crippen LogP contribution is -2.45. The average molecular weight is 323 g/mol. The smallest absolute Gasteiger partial charge is 0.225 e. The average Bonchev–Trinajstić information content (AvgIpc) is 2.87. The van der Waals surface area contributed by atoms with Crippen LogP contribution in [0.1, 0.15) is 25.0 Å². The maximum absolute atomic E-state index is 12.5. The van der Waals surface area contributed by atoms with Crippen LogP contribution >= 0.6 is 0 Å². The summed E-state index contributed by atoms with van der Waals surface area (Å²) in [5.41, 5.74) is 0.647. The predicted octanol–water partition coefficient (Wildman–Crippen LogP) is 0.759. The number of sulfonamides is 1. The molecule has 1 N–H and O–H groups in total. The fourth-order valence-electron chi connectivity index (χ4n) is 3.48. The number of carbonyl (C=O) groups is 1. The van der Waals surface area contributed by atoms with E-state index >= 15 is 0 Å². The Bertz CT molecular complexity index is 656. The lowest BCUT2D eigenvalue weighted by atomic mass is 9.62. The van der Waals surface area contributed by atoms with Gasteiger partial charge in [-0.2, -0.15) is 0 Å². The van der Waals surface area contributed by atoms with Gasteiger partial charge in [-0.05, 0) is 30.4 Å².